The van der Waals surface area contributed by atoms with E-state index < -0.39 is 17.3 Å². The van der Waals surface area contributed by atoms with Crippen molar-refractivity contribution in [2.45, 2.75) is 57.4 Å². The van der Waals surface area contributed by atoms with E-state index in [2.05, 4.69) is 0 Å². The largest absolute Gasteiger partial charge is 0.487 e. The first kappa shape index (κ1) is 17.1. The first-order valence-electron chi connectivity index (χ1n) is 8.25. The zero-order chi connectivity index (χ0) is 17.4. The van der Waals surface area contributed by atoms with E-state index in [9.17, 15) is 18.3 Å². The average Bonchev–Trinajstić information content (AvgIpc) is 2.53. The molecule has 0 saturated heterocycles. The third-order valence-corrected chi connectivity index (χ3v) is 4.78. The number of alkyl halides is 3. The van der Waals surface area contributed by atoms with Crippen molar-refractivity contribution < 1.29 is 23.0 Å². The lowest BCUT2D eigenvalue weighted by Crippen LogP contribution is -2.35. The summed E-state index contributed by atoms with van der Waals surface area (Å²) in [5, 5.41) is 9.75. The quantitative estimate of drug-likeness (QED) is 0.806. The summed E-state index contributed by atoms with van der Waals surface area (Å²) in [5.74, 6) is -0.101. The zero-order valence-electron chi connectivity index (χ0n) is 13.6. The molecule has 0 aromatic heterocycles. The molecular weight excluding hydrogens is 317 g/mol. The first-order valence-corrected chi connectivity index (χ1v) is 8.25. The molecule has 3 rings (SSSR count). The van der Waals surface area contributed by atoms with Crippen LogP contribution >= 0.6 is 0 Å². The van der Waals surface area contributed by atoms with Crippen LogP contribution in [0.5, 0.6) is 5.75 Å². The highest BCUT2D eigenvalue weighted by Gasteiger charge is 2.39. The van der Waals surface area contributed by atoms with E-state index in [0.717, 1.165) is 32.1 Å². The summed E-state index contributed by atoms with van der Waals surface area (Å²) in [4.78, 5) is 0. The minimum absolute atomic E-state index is 0.101. The molecule has 2 aromatic rings. The predicted molar refractivity (Wildman–Crippen MR) is 87.0 cm³/mol. The van der Waals surface area contributed by atoms with Gasteiger partial charge in [-0.1, -0.05) is 24.6 Å². The van der Waals surface area contributed by atoms with E-state index >= 15 is 0 Å². The molecule has 0 spiro atoms. The molecule has 24 heavy (non-hydrogen) atoms. The Morgan fingerprint density at radius 3 is 2.42 bits per heavy atom. The molecule has 0 aliphatic heterocycles. The molecule has 1 fully saturated rings. The number of halogens is 3. The SMILES string of the molecule is CC1(Oc2ccc3cc(CO)ccc3c2C(F)(F)F)CCCCC1. The monoisotopic (exact) mass is 338 g/mol. The number of hydrogen-bond acceptors (Lipinski definition) is 2. The van der Waals surface area contributed by atoms with E-state index in [4.69, 9.17) is 4.74 Å². The van der Waals surface area contributed by atoms with Gasteiger partial charge < -0.3 is 9.84 Å². The second-order valence-electron chi connectivity index (χ2n) is 6.76. The van der Waals surface area contributed by atoms with Gasteiger partial charge >= 0.3 is 6.18 Å². The van der Waals surface area contributed by atoms with Crippen molar-refractivity contribution in [3.8, 4) is 5.75 Å². The Bertz CT molecular complexity index is 731. The molecule has 0 bridgehead atoms. The second kappa shape index (κ2) is 6.28. The maximum Gasteiger partial charge on any atom is 0.420 e. The summed E-state index contributed by atoms with van der Waals surface area (Å²) in [6, 6.07) is 7.55. The van der Waals surface area contributed by atoms with Crippen LogP contribution in [-0.2, 0) is 12.8 Å². The van der Waals surface area contributed by atoms with Gasteiger partial charge in [0.1, 0.15) is 16.9 Å². The van der Waals surface area contributed by atoms with E-state index in [0.29, 0.717) is 10.9 Å². The molecule has 2 nitrogen and oxygen atoms in total. The molecule has 0 unspecified atom stereocenters. The van der Waals surface area contributed by atoms with Crippen LogP contribution < -0.4 is 4.74 Å². The van der Waals surface area contributed by atoms with Gasteiger partial charge in [0.05, 0.1) is 6.61 Å². The predicted octanol–water partition coefficient (Wildman–Crippen LogP) is 5.45. The summed E-state index contributed by atoms with van der Waals surface area (Å²) >= 11 is 0. The van der Waals surface area contributed by atoms with Gasteiger partial charge in [-0.3, -0.25) is 0 Å². The first-order chi connectivity index (χ1) is 11.3. The molecule has 130 valence electrons. The van der Waals surface area contributed by atoms with Crippen LogP contribution in [0.25, 0.3) is 10.8 Å². The van der Waals surface area contributed by atoms with Crippen LogP contribution in [0.15, 0.2) is 30.3 Å². The molecule has 2 aromatic carbocycles. The highest BCUT2D eigenvalue weighted by molar-refractivity contribution is 5.89. The van der Waals surface area contributed by atoms with Gasteiger partial charge in [0.15, 0.2) is 0 Å². The molecular formula is C19H21F3O2. The Morgan fingerprint density at radius 1 is 1.08 bits per heavy atom. The fourth-order valence-electron chi connectivity index (χ4n) is 3.50. The molecule has 0 amide bonds. The van der Waals surface area contributed by atoms with Crippen LogP contribution in [0.4, 0.5) is 13.2 Å². The summed E-state index contributed by atoms with van der Waals surface area (Å²) in [7, 11) is 0. The van der Waals surface area contributed by atoms with Gasteiger partial charge in [-0.15, -0.1) is 0 Å². The number of rotatable bonds is 3. The number of aliphatic hydroxyl groups excluding tert-OH is 1. The molecule has 1 aliphatic carbocycles. The standard InChI is InChI=1S/C19H21F3O2/c1-18(9-3-2-4-10-18)24-16-8-6-14-11-13(12-23)5-7-15(14)17(16)19(20,21)22/h5-8,11,23H,2-4,9-10,12H2,1H3. The minimum atomic E-state index is -4.50. The Labute approximate surface area is 139 Å². The van der Waals surface area contributed by atoms with Gasteiger partial charge in [-0.25, -0.2) is 0 Å². The summed E-state index contributed by atoms with van der Waals surface area (Å²) in [5.41, 5.74) is -0.684. The molecule has 1 saturated carbocycles. The molecule has 0 heterocycles. The van der Waals surface area contributed by atoms with Crippen molar-refractivity contribution in [1.82, 2.24) is 0 Å². The average molecular weight is 338 g/mol. The smallest absolute Gasteiger partial charge is 0.420 e. The molecule has 1 aliphatic rings. The minimum Gasteiger partial charge on any atom is -0.487 e. The third-order valence-electron chi connectivity index (χ3n) is 4.78. The van der Waals surface area contributed by atoms with Gasteiger partial charge in [-0.05, 0) is 61.1 Å². The van der Waals surface area contributed by atoms with Gasteiger partial charge in [0.2, 0.25) is 0 Å². The Hall–Kier alpha value is -1.75. The Morgan fingerprint density at radius 2 is 1.79 bits per heavy atom. The highest BCUT2D eigenvalue weighted by Crippen LogP contribution is 2.44. The maximum absolute atomic E-state index is 13.7. The highest BCUT2D eigenvalue weighted by atomic mass is 19.4. The van der Waals surface area contributed by atoms with Crippen LogP contribution in [0.1, 0.15) is 50.2 Å². The van der Waals surface area contributed by atoms with E-state index in [-0.39, 0.29) is 17.7 Å². The molecule has 1 N–H and O–H groups in total. The number of fused-ring (bicyclic) bond motifs is 1. The van der Waals surface area contributed by atoms with Crippen molar-refractivity contribution >= 4 is 10.8 Å². The number of hydrogen-bond donors (Lipinski definition) is 1. The van der Waals surface area contributed by atoms with Gasteiger partial charge in [-0.2, -0.15) is 13.2 Å². The number of aliphatic hydroxyl groups is 1. The number of ether oxygens (including phenoxy) is 1. The van der Waals surface area contributed by atoms with E-state index in [1.54, 1.807) is 12.1 Å². The maximum atomic E-state index is 13.7. The second-order valence-corrected chi connectivity index (χ2v) is 6.76. The summed E-state index contributed by atoms with van der Waals surface area (Å²) < 4.78 is 47.0. The van der Waals surface area contributed by atoms with Crippen LogP contribution in [-0.4, -0.2) is 10.7 Å². The fourth-order valence-corrected chi connectivity index (χ4v) is 3.50. The van der Waals surface area contributed by atoms with Crippen LogP contribution in [0.3, 0.4) is 0 Å². The Kier molecular flexibility index (Phi) is 4.47. The normalized spacial score (nSPS) is 17.9. The summed E-state index contributed by atoms with van der Waals surface area (Å²) in [6.07, 6.45) is 0.0987. The van der Waals surface area contributed by atoms with E-state index in [1.165, 1.54) is 18.2 Å². The topological polar surface area (TPSA) is 29.5 Å². The lowest BCUT2D eigenvalue weighted by molar-refractivity contribution is -0.138. The summed E-state index contributed by atoms with van der Waals surface area (Å²) in [6.45, 7) is 1.69. The van der Waals surface area contributed by atoms with Crippen molar-refractivity contribution in [1.29, 1.82) is 0 Å². The fraction of sp³-hybridized carbons (Fsp3) is 0.474. The zero-order valence-corrected chi connectivity index (χ0v) is 13.6. The molecule has 5 heteroatoms. The van der Waals surface area contributed by atoms with Crippen molar-refractivity contribution in [2.24, 2.45) is 0 Å². The lowest BCUT2D eigenvalue weighted by Gasteiger charge is -2.35. The number of benzene rings is 2. The van der Waals surface area contributed by atoms with Crippen LogP contribution in [0.2, 0.25) is 0 Å². The third kappa shape index (κ3) is 3.36. The Balaban J connectivity index is 2.10. The van der Waals surface area contributed by atoms with Crippen molar-refractivity contribution in [2.75, 3.05) is 0 Å². The van der Waals surface area contributed by atoms with Crippen LogP contribution in [0, 0.1) is 0 Å². The van der Waals surface area contributed by atoms with E-state index in [1.807, 2.05) is 6.92 Å². The molecule has 0 atom stereocenters. The van der Waals surface area contributed by atoms with Crippen molar-refractivity contribution in [3.05, 3.63) is 41.5 Å². The van der Waals surface area contributed by atoms with Gasteiger partial charge in [0, 0.05) is 0 Å². The van der Waals surface area contributed by atoms with Gasteiger partial charge in [0.25, 0.3) is 0 Å². The lowest BCUT2D eigenvalue weighted by atomic mass is 9.86. The molecule has 0 radical (unpaired) electrons. The van der Waals surface area contributed by atoms with Crippen molar-refractivity contribution in [3.63, 3.8) is 0 Å².